The molecule has 0 aromatic heterocycles. The van der Waals surface area contributed by atoms with Crippen molar-refractivity contribution in [3.8, 4) is 0 Å². The van der Waals surface area contributed by atoms with E-state index < -0.39 is 24.3 Å². The van der Waals surface area contributed by atoms with Crippen LogP contribution in [0.3, 0.4) is 0 Å². The summed E-state index contributed by atoms with van der Waals surface area (Å²) in [6.07, 6.45) is 1.93. The van der Waals surface area contributed by atoms with Gasteiger partial charge in [0.2, 0.25) is 0 Å². The first-order valence-electron chi connectivity index (χ1n) is 6.87. The third kappa shape index (κ3) is 4.82. The summed E-state index contributed by atoms with van der Waals surface area (Å²) in [5, 5.41) is 2.37. The summed E-state index contributed by atoms with van der Waals surface area (Å²) in [5.41, 5.74) is 1.17. The minimum atomic E-state index is -0.600. The number of thioether (sulfide) groups is 1. The molecule has 0 aliphatic heterocycles. The third-order valence-electron chi connectivity index (χ3n) is 3.06. The molecule has 0 aliphatic rings. The highest BCUT2D eigenvalue weighted by Crippen LogP contribution is 2.16. The smallest absolute Gasteiger partial charge is 0.338 e. The molecular formula is C17H16FNO3S. The molecule has 1 amide bonds. The highest BCUT2D eigenvalue weighted by atomic mass is 32.2. The van der Waals surface area contributed by atoms with E-state index in [0.717, 1.165) is 10.5 Å². The van der Waals surface area contributed by atoms with Gasteiger partial charge in [0.15, 0.2) is 6.61 Å². The number of ether oxygens (including phenoxy) is 1. The molecule has 0 spiro atoms. The Morgan fingerprint density at radius 3 is 2.48 bits per heavy atom. The second-order valence-electron chi connectivity index (χ2n) is 4.84. The van der Waals surface area contributed by atoms with Crippen LogP contribution in [-0.2, 0) is 9.53 Å². The quantitative estimate of drug-likeness (QED) is 0.670. The van der Waals surface area contributed by atoms with Crippen LogP contribution in [0.25, 0.3) is 0 Å². The van der Waals surface area contributed by atoms with Crippen LogP contribution < -0.4 is 5.32 Å². The fraction of sp³-hybridized carbons (Fsp3) is 0.176. The minimum absolute atomic E-state index is 0.0565. The van der Waals surface area contributed by atoms with E-state index in [9.17, 15) is 14.0 Å². The molecule has 2 aromatic carbocycles. The summed E-state index contributed by atoms with van der Waals surface area (Å²) < 4.78 is 18.5. The van der Waals surface area contributed by atoms with Crippen LogP contribution in [0, 0.1) is 12.7 Å². The van der Waals surface area contributed by atoms with Crippen molar-refractivity contribution in [3.05, 3.63) is 59.4 Å². The first-order valence-corrected chi connectivity index (χ1v) is 8.09. The molecule has 0 heterocycles. The van der Waals surface area contributed by atoms with Gasteiger partial charge in [-0.3, -0.25) is 4.79 Å². The normalized spacial score (nSPS) is 10.2. The van der Waals surface area contributed by atoms with E-state index in [1.54, 1.807) is 49.0 Å². The van der Waals surface area contributed by atoms with Crippen molar-refractivity contribution in [1.29, 1.82) is 0 Å². The maximum absolute atomic E-state index is 13.6. The number of carbonyl (C=O) groups is 2. The van der Waals surface area contributed by atoms with E-state index in [2.05, 4.69) is 5.32 Å². The van der Waals surface area contributed by atoms with Crippen molar-refractivity contribution in [2.45, 2.75) is 11.8 Å². The Hall–Kier alpha value is -2.34. The van der Waals surface area contributed by atoms with Gasteiger partial charge in [0.25, 0.3) is 5.91 Å². The Balaban J connectivity index is 1.89. The maximum Gasteiger partial charge on any atom is 0.338 e. The van der Waals surface area contributed by atoms with Crippen LogP contribution in [0.4, 0.5) is 10.1 Å². The Morgan fingerprint density at radius 1 is 1.17 bits per heavy atom. The van der Waals surface area contributed by atoms with E-state index >= 15 is 0 Å². The Kier molecular flexibility index (Phi) is 5.76. The molecule has 1 N–H and O–H groups in total. The average molecular weight is 333 g/mol. The molecule has 4 nitrogen and oxygen atoms in total. The fourth-order valence-corrected chi connectivity index (χ4v) is 2.26. The molecule has 0 saturated carbocycles. The number of esters is 1. The van der Waals surface area contributed by atoms with Crippen LogP contribution in [0.5, 0.6) is 0 Å². The molecule has 0 bridgehead atoms. The lowest BCUT2D eigenvalue weighted by molar-refractivity contribution is -0.119. The van der Waals surface area contributed by atoms with Crippen molar-refractivity contribution < 1.29 is 18.7 Å². The van der Waals surface area contributed by atoms with Gasteiger partial charge in [0.05, 0.1) is 11.3 Å². The van der Waals surface area contributed by atoms with Gasteiger partial charge in [-0.25, -0.2) is 9.18 Å². The number of amides is 1. The molecule has 120 valence electrons. The van der Waals surface area contributed by atoms with Crippen LogP contribution in [0.15, 0.2) is 47.4 Å². The van der Waals surface area contributed by atoms with E-state index in [1.165, 1.54) is 12.1 Å². The lowest BCUT2D eigenvalue weighted by Crippen LogP contribution is -2.21. The predicted molar refractivity (Wildman–Crippen MR) is 88.3 cm³/mol. The number of anilines is 1. The molecular weight excluding hydrogens is 317 g/mol. The summed E-state index contributed by atoms with van der Waals surface area (Å²) in [5.74, 6) is -1.73. The van der Waals surface area contributed by atoms with Gasteiger partial charge >= 0.3 is 5.97 Å². The van der Waals surface area contributed by atoms with E-state index in [-0.39, 0.29) is 5.69 Å². The number of aryl methyl sites for hydroxylation is 1. The van der Waals surface area contributed by atoms with E-state index in [4.69, 9.17) is 4.74 Å². The van der Waals surface area contributed by atoms with Crippen molar-refractivity contribution in [1.82, 2.24) is 0 Å². The van der Waals surface area contributed by atoms with Crippen LogP contribution >= 0.6 is 11.8 Å². The van der Waals surface area contributed by atoms with E-state index in [0.29, 0.717) is 5.56 Å². The van der Waals surface area contributed by atoms with Crippen molar-refractivity contribution in [3.63, 3.8) is 0 Å². The monoisotopic (exact) mass is 333 g/mol. The number of rotatable bonds is 5. The third-order valence-corrected chi connectivity index (χ3v) is 3.80. The van der Waals surface area contributed by atoms with Gasteiger partial charge in [-0.05, 0) is 55.1 Å². The molecule has 0 unspecified atom stereocenters. The van der Waals surface area contributed by atoms with Crippen molar-refractivity contribution in [2.24, 2.45) is 0 Å². The first-order chi connectivity index (χ1) is 11.0. The summed E-state index contributed by atoms with van der Waals surface area (Å²) in [6, 6.07) is 11.3. The zero-order chi connectivity index (χ0) is 16.8. The Labute approximate surface area is 138 Å². The largest absolute Gasteiger partial charge is 0.452 e. The van der Waals surface area contributed by atoms with E-state index in [1.807, 2.05) is 6.26 Å². The number of nitrogens with one attached hydrogen (secondary N) is 1. The minimum Gasteiger partial charge on any atom is -0.452 e. The topological polar surface area (TPSA) is 55.4 Å². The molecule has 0 radical (unpaired) electrons. The SMILES string of the molecule is CSc1ccc(C(=O)OCC(=O)Nc2ccc(C)cc2F)cc1. The lowest BCUT2D eigenvalue weighted by Gasteiger charge is -2.08. The zero-order valence-electron chi connectivity index (χ0n) is 12.8. The zero-order valence-corrected chi connectivity index (χ0v) is 13.6. The average Bonchev–Trinajstić information content (AvgIpc) is 2.55. The molecule has 0 fully saturated rings. The molecule has 2 rings (SSSR count). The van der Waals surface area contributed by atoms with Crippen molar-refractivity contribution >= 4 is 29.3 Å². The lowest BCUT2D eigenvalue weighted by atomic mass is 10.2. The fourth-order valence-electron chi connectivity index (χ4n) is 1.85. The summed E-state index contributed by atoms with van der Waals surface area (Å²) in [7, 11) is 0. The highest BCUT2D eigenvalue weighted by molar-refractivity contribution is 7.98. The summed E-state index contributed by atoms with van der Waals surface area (Å²) in [4.78, 5) is 24.6. The number of benzene rings is 2. The van der Waals surface area contributed by atoms with Crippen LogP contribution in [-0.4, -0.2) is 24.7 Å². The molecule has 0 atom stereocenters. The molecule has 6 heteroatoms. The summed E-state index contributed by atoms with van der Waals surface area (Å²) >= 11 is 1.56. The van der Waals surface area contributed by atoms with Gasteiger partial charge in [-0.15, -0.1) is 11.8 Å². The van der Waals surface area contributed by atoms with Gasteiger partial charge in [-0.1, -0.05) is 6.07 Å². The van der Waals surface area contributed by atoms with Crippen molar-refractivity contribution in [2.75, 3.05) is 18.2 Å². The number of hydrogen-bond donors (Lipinski definition) is 1. The van der Waals surface area contributed by atoms with Crippen LogP contribution in [0.2, 0.25) is 0 Å². The molecule has 0 saturated heterocycles. The summed E-state index contributed by atoms with van der Waals surface area (Å²) in [6.45, 7) is 1.27. The number of halogens is 1. The number of carbonyl (C=O) groups excluding carboxylic acids is 2. The highest BCUT2D eigenvalue weighted by Gasteiger charge is 2.12. The van der Waals surface area contributed by atoms with Gasteiger partial charge in [0.1, 0.15) is 5.82 Å². The Bertz CT molecular complexity index is 716. The van der Waals surface area contributed by atoms with Gasteiger partial charge < -0.3 is 10.1 Å². The predicted octanol–water partition coefficient (Wildman–Crippen LogP) is 3.65. The van der Waals surface area contributed by atoms with Crippen LogP contribution in [0.1, 0.15) is 15.9 Å². The first kappa shape index (κ1) is 17.0. The molecule has 0 aliphatic carbocycles. The second-order valence-corrected chi connectivity index (χ2v) is 5.72. The second kappa shape index (κ2) is 7.78. The van der Waals surface area contributed by atoms with Gasteiger partial charge in [0, 0.05) is 4.90 Å². The molecule has 2 aromatic rings. The maximum atomic E-state index is 13.6. The van der Waals surface area contributed by atoms with Gasteiger partial charge in [-0.2, -0.15) is 0 Å². The standard InChI is InChI=1S/C17H16FNO3S/c1-11-3-8-15(14(18)9-11)19-16(20)10-22-17(21)12-4-6-13(23-2)7-5-12/h3-9H,10H2,1-2H3,(H,19,20). The number of hydrogen-bond acceptors (Lipinski definition) is 4. The Morgan fingerprint density at radius 2 is 1.87 bits per heavy atom. The molecule has 23 heavy (non-hydrogen) atoms.